The van der Waals surface area contributed by atoms with Gasteiger partial charge < -0.3 is 10.8 Å². The summed E-state index contributed by atoms with van der Waals surface area (Å²) in [5, 5.41) is 7.77. The Hall–Kier alpha value is 0.296. The monoisotopic (exact) mass is 246 g/mol. The zero-order valence-electron chi connectivity index (χ0n) is 3.47. The molecule has 4 heteroatoms. The molecule has 3 N–H and O–H groups in total. The first-order valence-corrected chi connectivity index (χ1v) is 1.32. The van der Waals surface area contributed by atoms with Gasteiger partial charge in [-0.15, -0.1) is 0 Å². The number of carboxylic acids is 1. The van der Waals surface area contributed by atoms with E-state index in [4.69, 9.17) is 5.11 Å². The predicted molar refractivity (Wildman–Crippen MR) is 21.0 cm³/mol. The molecular formula is C3H5NO2Tb. The van der Waals surface area contributed by atoms with Crippen molar-refractivity contribution in [2.45, 2.75) is 0 Å². The van der Waals surface area contributed by atoms with Crippen LogP contribution >= 0.6 is 0 Å². The minimum absolute atomic E-state index is 0. The zero-order valence-corrected chi connectivity index (χ0v) is 5.61. The first-order chi connectivity index (χ1) is 2.64. The number of nitrogens with two attached hydrogens (primary N) is 1. The number of aliphatic carboxylic acids is 1. The minimum atomic E-state index is -1.16. The molecule has 0 heterocycles. The van der Waals surface area contributed by atoms with Crippen LogP contribution in [0.4, 0.5) is 0 Å². The Labute approximate surface area is 72.0 Å². The van der Waals surface area contributed by atoms with Gasteiger partial charge in [0.15, 0.2) is 0 Å². The Morgan fingerprint density at radius 3 is 1.86 bits per heavy atom. The fourth-order valence-corrected chi connectivity index (χ4v) is 0. The molecular weight excluding hydrogens is 241 g/mol. The third kappa shape index (κ3) is 6.30. The van der Waals surface area contributed by atoms with Gasteiger partial charge in [-0.2, -0.15) is 0 Å². The number of hydrogen-bond acceptors (Lipinski definition) is 2. The van der Waals surface area contributed by atoms with Gasteiger partial charge in [-0.25, -0.2) is 4.79 Å². The predicted octanol–water partition coefficient (Wildman–Crippen LogP) is -0.457. The molecule has 0 fully saturated rings. The summed E-state index contributed by atoms with van der Waals surface area (Å²) in [6.07, 6.45) is 0. The van der Waals surface area contributed by atoms with Crippen LogP contribution in [-0.4, -0.2) is 11.1 Å². The second-order valence-electron chi connectivity index (χ2n) is 0.830. The summed E-state index contributed by atoms with van der Waals surface area (Å²) in [6.45, 7) is 2.93. The average molecular weight is 246 g/mol. The first kappa shape index (κ1) is 10.3. The van der Waals surface area contributed by atoms with Crippen molar-refractivity contribution >= 4 is 5.97 Å². The number of rotatable bonds is 1. The Kier molecular flexibility index (Phi) is 6.56. The molecule has 0 bridgehead atoms. The van der Waals surface area contributed by atoms with Gasteiger partial charge in [0.1, 0.15) is 5.70 Å². The van der Waals surface area contributed by atoms with E-state index in [0.29, 0.717) is 0 Å². The average Bonchev–Trinajstić information content (AvgIpc) is 1.36. The van der Waals surface area contributed by atoms with Crippen LogP contribution in [0.1, 0.15) is 0 Å². The smallest absolute Gasteiger partial charge is 0.351 e. The maximum absolute atomic E-state index is 9.47. The summed E-state index contributed by atoms with van der Waals surface area (Å²) >= 11 is 0. The molecule has 0 rings (SSSR count). The maximum Gasteiger partial charge on any atom is 0.351 e. The Bertz CT molecular complexity index is 78.9. The molecule has 0 atom stereocenters. The van der Waals surface area contributed by atoms with Crippen LogP contribution in [0.15, 0.2) is 12.3 Å². The van der Waals surface area contributed by atoms with Gasteiger partial charge in [0.25, 0.3) is 0 Å². The molecule has 7 heavy (non-hydrogen) atoms. The molecule has 0 saturated heterocycles. The van der Waals surface area contributed by atoms with E-state index in [2.05, 4.69) is 12.3 Å². The number of carbonyl (C=O) groups is 1. The third-order valence-electron chi connectivity index (χ3n) is 0.275. The zero-order chi connectivity index (χ0) is 5.15. The van der Waals surface area contributed by atoms with Crippen molar-refractivity contribution < 1.29 is 48.5 Å². The Morgan fingerprint density at radius 2 is 1.86 bits per heavy atom. The van der Waals surface area contributed by atoms with Crippen molar-refractivity contribution in [1.29, 1.82) is 0 Å². The first-order valence-electron chi connectivity index (χ1n) is 1.32. The number of carboxylic acid groups (broad SMARTS) is 1. The number of hydrogen-bond donors (Lipinski definition) is 2. The molecule has 3 nitrogen and oxygen atoms in total. The molecule has 0 aliphatic heterocycles. The van der Waals surface area contributed by atoms with E-state index >= 15 is 0 Å². The van der Waals surface area contributed by atoms with Gasteiger partial charge in [0.2, 0.25) is 0 Å². The van der Waals surface area contributed by atoms with Crippen LogP contribution in [0.5, 0.6) is 0 Å². The van der Waals surface area contributed by atoms with Crippen molar-refractivity contribution in [3.63, 3.8) is 0 Å². The van der Waals surface area contributed by atoms with Crippen LogP contribution in [-0.2, 0) is 4.79 Å². The molecule has 0 spiro atoms. The van der Waals surface area contributed by atoms with Gasteiger partial charge in [-0.05, 0) is 0 Å². The topological polar surface area (TPSA) is 63.3 Å². The van der Waals surface area contributed by atoms with E-state index in [1.165, 1.54) is 0 Å². The van der Waals surface area contributed by atoms with Gasteiger partial charge in [0, 0.05) is 38.6 Å². The quantitative estimate of drug-likeness (QED) is 0.615. The van der Waals surface area contributed by atoms with E-state index in [9.17, 15) is 4.79 Å². The second-order valence-corrected chi connectivity index (χ2v) is 0.830. The van der Waals surface area contributed by atoms with Gasteiger partial charge in [0.05, 0.1) is 0 Å². The van der Waals surface area contributed by atoms with E-state index in [0.717, 1.165) is 0 Å². The molecule has 0 aromatic carbocycles. The van der Waals surface area contributed by atoms with Crippen molar-refractivity contribution in [2.75, 3.05) is 0 Å². The van der Waals surface area contributed by atoms with Crippen LogP contribution in [0, 0.1) is 38.6 Å². The van der Waals surface area contributed by atoms with Crippen LogP contribution in [0.25, 0.3) is 0 Å². The fourth-order valence-electron chi connectivity index (χ4n) is 0. The molecule has 0 aromatic heterocycles. The summed E-state index contributed by atoms with van der Waals surface area (Å²) in [6, 6.07) is 0. The molecule has 1 radical (unpaired) electrons. The molecule has 0 saturated carbocycles. The summed E-state index contributed by atoms with van der Waals surface area (Å²) < 4.78 is 0. The summed E-state index contributed by atoms with van der Waals surface area (Å²) in [5.41, 5.74) is 4.32. The SMILES string of the molecule is C=C(N)C(=O)O.[Tb]. The van der Waals surface area contributed by atoms with Crippen LogP contribution < -0.4 is 5.73 Å². The third-order valence-corrected chi connectivity index (χ3v) is 0.275. The standard InChI is InChI=1S/C3H5NO2.Tb/c1-2(4)3(5)6;/h1,4H2,(H,5,6);. The van der Waals surface area contributed by atoms with Gasteiger partial charge >= 0.3 is 5.97 Å². The normalized spacial score (nSPS) is 6.29. The molecule has 43 valence electrons. The van der Waals surface area contributed by atoms with Crippen molar-refractivity contribution in [3.05, 3.63) is 12.3 Å². The van der Waals surface area contributed by atoms with Crippen LogP contribution in [0.2, 0.25) is 0 Å². The van der Waals surface area contributed by atoms with E-state index in [1.807, 2.05) is 0 Å². The summed E-state index contributed by atoms with van der Waals surface area (Å²) in [7, 11) is 0. The van der Waals surface area contributed by atoms with Gasteiger partial charge in [-0.1, -0.05) is 6.58 Å². The molecule has 0 amide bonds. The van der Waals surface area contributed by atoms with Crippen molar-refractivity contribution in [1.82, 2.24) is 0 Å². The Morgan fingerprint density at radius 1 is 1.71 bits per heavy atom. The van der Waals surface area contributed by atoms with Gasteiger partial charge in [-0.3, -0.25) is 0 Å². The summed E-state index contributed by atoms with van der Waals surface area (Å²) in [4.78, 5) is 9.47. The maximum atomic E-state index is 9.47. The summed E-state index contributed by atoms with van der Waals surface area (Å²) in [5.74, 6) is -1.16. The molecule has 0 aliphatic carbocycles. The largest absolute Gasteiger partial charge is 0.477 e. The molecule has 0 aromatic rings. The second kappa shape index (κ2) is 4.45. The molecule has 0 unspecified atom stereocenters. The van der Waals surface area contributed by atoms with Crippen molar-refractivity contribution in [3.8, 4) is 0 Å². The van der Waals surface area contributed by atoms with E-state index in [1.54, 1.807) is 0 Å². The van der Waals surface area contributed by atoms with E-state index < -0.39 is 5.97 Å². The van der Waals surface area contributed by atoms with Crippen LogP contribution in [0.3, 0.4) is 0 Å². The van der Waals surface area contributed by atoms with E-state index in [-0.39, 0.29) is 44.3 Å². The Balaban J connectivity index is 0. The van der Waals surface area contributed by atoms with Crippen molar-refractivity contribution in [2.24, 2.45) is 5.73 Å². The minimum Gasteiger partial charge on any atom is -0.477 e. The molecule has 0 aliphatic rings. The fraction of sp³-hybridized carbons (Fsp3) is 0.